The molecule has 0 heterocycles. The number of ether oxygens (including phenoxy) is 1. The van der Waals surface area contributed by atoms with Gasteiger partial charge in [-0.2, -0.15) is 0 Å². The van der Waals surface area contributed by atoms with E-state index in [1.807, 2.05) is 0 Å². The summed E-state index contributed by atoms with van der Waals surface area (Å²) in [7, 11) is 0.315. The lowest BCUT2D eigenvalue weighted by Gasteiger charge is -2.15. The molecule has 0 fully saturated rings. The molecule has 0 saturated carbocycles. The van der Waals surface area contributed by atoms with Crippen molar-refractivity contribution in [1.82, 2.24) is 0 Å². The highest BCUT2D eigenvalue weighted by molar-refractivity contribution is 6.44. The molecule has 0 aliphatic carbocycles. The van der Waals surface area contributed by atoms with Gasteiger partial charge in [0.15, 0.2) is 0 Å². The molecule has 0 aliphatic rings. The number of hydrogen-bond donors (Lipinski definition) is 0. The molecular weight excluding hydrogens is 196 g/mol. The average Bonchev–Trinajstić information content (AvgIpc) is 2.18. The van der Waals surface area contributed by atoms with Crippen LogP contribution in [0.1, 0.15) is 33.1 Å². The van der Waals surface area contributed by atoms with E-state index in [2.05, 4.69) is 13.8 Å². The van der Waals surface area contributed by atoms with Crippen LogP contribution in [0.3, 0.4) is 0 Å². The van der Waals surface area contributed by atoms with E-state index in [4.69, 9.17) is 13.6 Å². The fourth-order valence-corrected chi connectivity index (χ4v) is 2.76. The minimum Gasteiger partial charge on any atom is -0.397 e. The molecule has 0 amide bonds. The maximum absolute atomic E-state index is 5.73. The molecule has 0 aromatic heterocycles. The van der Waals surface area contributed by atoms with Crippen molar-refractivity contribution in [2.24, 2.45) is 0 Å². The Bertz CT molecular complexity index is 102. The Morgan fingerprint density at radius 1 is 0.929 bits per heavy atom. The van der Waals surface area contributed by atoms with Gasteiger partial charge in [0, 0.05) is 13.7 Å². The van der Waals surface area contributed by atoms with Gasteiger partial charge < -0.3 is 13.6 Å². The molecule has 86 valence electrons. The Hall–Kier alpha value is 0.0969. The maximum Gasteiger partial charge on any atom is 0.321 e. The average molecular weight is 220 g/mol. The lowest BCUT2D eigenvalue weighted by Crippen LogP contribution is -2.25. The molecule has 1 unspecified atom stereocenters. The van der Waals surface area contributed by atoms with E-state index in [9.17, 15) is 0 Å². The quantitative estimate of drug-likeness (QED) is 0.417. The van der Waals surface area contributed by atoms with E-state index in [1.165, 1.54) is 6.42 Å². The summed E-state index contributed by atoms with van der Waals surface area (Å²) in [4.78, 5) is 0. The molecule has 0 aliphatic heterocycles. The van der Waals surface area contributed by atoms with Gasteiger partial charge in [0.1, 0.15) is 0 Å². The zero-order valence-corrected chi connectivity index (χ0v) is 10.9. The SMILES string of the molecule is CCCCO[SiH](CCC)OCCOC. The zero-order valence-electron chi connectivity index (χ0n) is 9.75. The van der Waals surface area contributed by atoms with Crippen LogP contribution in [0.2, 0.25) is 6.04 Å². The summed E-state index contributed by atoms with van der Waals surface area (Å²) in [5, 5.41) is 0. The largest absolute Gasteiger partial charge is 0.397 e. The predicted molar refractivity (Wildman–Crippen MR) is 60.9 cm³/mol. The van der Waals surface area contributed by atoms with E-state index in [1.54, 1.807) is 7.11 Å². The van der Waals surface area contributed by atoms with Gasteiger partial charge in [-0.25, -0.2) is 0 Å². The second-order valence-corrected chi connectivity index (χ2v) is 5.41. The van der Waals surface area contributed by atoms with Crippen molar-refractivity contribution in [2.45, 2.75) is 39.2 Å². The van der Waals surface area contributed by atoms with E-state index >= 15 is 0 Å². The van der Waals surface area contributed by atoms with Gasteiger partial charge in [-0.15, -0.1) is 0 Å². The summed E-state index contributed by atoms with van der Waals surface area (Å²) in [5.74, 6) is 0. The summed E-state index contributed by atoms with van der Waals surface area (Å²) < 4.78 is 16.3. The summed E-state index contributed by atoms with van der Waals surface area (Å²) in [6.07, 6.45) is 3.47. The number of hydrogen-bond acceptors (Lipinski definition) is 3. The second kappa shape index (κ2) is 11.2. The van der Waals surface area contributed by atoms with Crippen LogP contribution < -0.4 is 0 Å². The fourth-order valence-electron chi connectivity index (χ4n) is 1.07. The first-order valence-electron chi connectivity index (χ1n) is 5.57. The van der Waals surface area contributed by atoms with Gasteiger partial charge >= 0.3 is 9.28 Å². The van der Waals surface area contributed by atoms with Crippen LogP contribution in [0.4, 0.5) is 0 Å². The van der Waals surface area contributed by atoms with Crippen LogP contribution in [0.5, 0.6) is 0 Å². The van der Waals surface area contributed by atoms with Crippen molar-refractivity contribution < 1.29 is 13.6 Å². The van der Waals surface area contributed by atoms with Crippen LogP contribution in [-0.2, 0) is 13.6 Å². The zero-order chi connectivity index (χ0) is 10.6. The highest BCUT2D eigenvalue weighted by Gasteiger charge is 2.11. The van der Waals surface area contributed by atoms with Crippen molar-refractivity contribution in [3.8, 4) is 0 Å². The minimum atomic E-state index is -1.38. The lowest BCUT2D eigenvalue weighted by atomic mass is 10.4. The van der Waals surface area contributed by atoms with E-state index < -0.39 is 9.28 Å². The predicted octanol–water partition coefficient (Wildman–Crippen LogP) is 2.10. The number of methoxy groups -OCH3 is 1. The first kappa shape index (κ1) is 14.1. The first-order chi connectivity index (χ1) is 6.85. The summed E-state index contributed by atoms with van der Waals surface area (Å²) in [5.41, 5.74) is 0. The fraction of sp³-hybridized carbons (Fsp3) is 1.00. The van der Waals surface area contributed by atoms with Crippen molar-refractivity contribution in [3.63, 3.8) is 0 Å². The molecule has 0 saturated heterocycles. The molecule has 0 rings (SSSR count). The minimum absolute atomic E-state index is 0.671. The number of unbranched alkanes of at least 4 members (excludes halogenated alkanes) is 1. The lowest BCUT2D eigenvalue weighted by molar-refractivity contribution is 0.120. The third-order valence-electron chi connectivity index (χ3n) is 1.92. The molecule has 0 N–H and O–H groups in total. The van der Waals surface area contributed by atoms with Crippen molar-refractivity contribution >= 4 is 9.28 Å². The Morgan fingerprint density at radius 3 is 2.21 bits per heavy atom. The third kappa shape index (κ3) is 8.68. The third-order valence-corrected chi connectivity index (χ3v) is 4.18. The molecule has 0 aromatic carbocycles. The highest BCUT2D eigenvalue weighted by atomic mass is 28.3. The molecule has 0 bridgehead atoms. The molecule has 3 nitrogen and oxygen atoms in total. The smallest absolute Gasteiger partial charge is 0.321 e. The first-order valence-corrected chi connectivity index (χ1v) is 7.33. The maximum atomic E-state index is 5.73. The van der Waals surface area contributed by atoms with Gasteiger partial charge in [0.2, 0.25) is 0 Å². The van der Waals surface area contributed by atoms with Gasteiger partial charge in [0.05, 0.1) is 13.2 Å². The summed E-state index contributed by atoms with van der Waals surface area (Å²) in [6.45, 7) is 6.55. The molecule has 4 heteroatoms. The Balaban J connectivity index is 3.44. The van der Waals surface area contributed by atoms with Crippen LogP contribution >= 0.6 is 0 Å². The Labute approximate surface area is 89.6 Å². The van der Waals surface area contributed by atoms with Gasteiger partial charge in [-0.05, 0) is 12.5 Å². The van der Waals surface area contributed by atoms with E-state index in [0.29, 0.717) is 13.2 Å². The second-order valence-electron chi connectivity index (χ2n) is 3.31. The Kier molecular flexibility index (Phi) is 11.3. The Morgan fingerprint density at radius 2 is 1.64 bits per heavy atom. The van der Waals surface area contributed by atoms with E-state index in [0.717, 1.165) is 25.5 Å². The number of rotatable bonds is 10. The molecule has 0 spiro atoms. The molecule has 0 radical (unpaired) electrons. The summed E-state index contributed by atoms with van der Waals surface area (Å²) >= 11 is 0. The van der Waals surface area contributed by atoms with Crippen LogP contribution in [0, 0.1) is 0 Å². The van der Waals surface area contributed by atoms with Crippen molar-refractivity contribution in [1.29, 1.82) is 0 Å². The molecular formula is C10H24O3Si. The van der Waals surface area contributed by atoms with Gasteiger partial charge in [0.25, 0.3) is 0 Å². The molecule has 0 aromatic rings. The topological polar surface area (TPSA) is 27.7 Å². The molecule has 1 atom stereocenters. The van der Waals surface area contributed by atoms with Crippen LogP contribution in [0.25, 0.3) is 0 Å². The van der Waals surface area contributed by atoms with Crippen LogP contribution in [-0.4, -0.2) is 36.2 Å². The highest BCUT2D eigenvalue weighted by Crippen LogP contribution is 2.02. The monoisotopic (exact) mass is 220 g/mol. The standard InChI is InChI=1S/C10H24O3Si/c1-4-6-7-12-14(10-5-2)13-9-8-11-3/h14H,4-10H2,1-3H3. The van der Waals surface area contributed by atoms with Crippen molar-refractivity contribution in [3.05, 3.63) is 0 Å². The summed E-state index contributed by atoms with van der Waals surface area (Å²) in [6, 6.07) is 1.10. The molecule has 14 heavy (non-hydrogen) atoms. The normalized spacial score (nSPS) is 13.1. The van der Waals surface area contributed by atoms with Crippen molar-refractivity contribution in [2.75, 3.05) is 26.9 Å². The van der Waals surface area contributed by atoms with Gasteiger partial charge in [-0.1, -0.05) is 26.7 Å². The van der Waals surface area contributed by atoms with E-state index in [-0.39, 0.29) is 0 Å². The van der Waals surface area contributed by atoms with Crippen LogP contribution in [0.15, 0.2) is 0 Å². The van der Waals surface area contributed by atoms with Gasteiger partial charge in [-0.3, -0.25) is 0 Å².